The van der Waals surface area contributed by atoms with Crippen molar-refractivity contribution < 1.29 is 19.1 Å². The molecule has 1 saturated heterocycles. The molecule has 0 saturated carbocycles. The predicted octanol–water partition coefficient (Wildman–Crippen LogP) is 6.83. The van der Waals surface area contributed by atoms with Crippen molar-refractivity contribution in [1.82, 2.24) is 0 Å². The fourth-order valence-corrected chi connectivity index (χ4v) is 4.21. The number of anilines is 1. The summed E-state index contributed by atoms with van der Waals surface area (Å²) in [6.07, 6.45) is 0. The number of ketones is 1. The minimum atomic E-state index is -1.20. The van der Waals surface area contributed by atoms with Gasteiger partial charge in [-0.2, -0.15) is 0 Å². The second-order valence-electron chi connectivity index (χ2n) is 7.25. The van der Waals surface area contributed by atoms with Gasteiger partial charge in [-0.25, -0.2) is 4.39 Å². The van der Waals surface area contributed by atoms with E-state index in [1.807, 2.05) is 6.92 Å². The van der Waals surface area contributed by atoms with Crippen molar-refractivity contribution in [3.8, 4) is 0 Å². The Balaban J connectivity index is 1.99. The van der Waals surface area contributed by atoms with Crippen molar-refractivity contribution in [3.05, 3.63) is 103 Å². The zero-order valence-electron chi connectivity index (χ0n) is 16.6. The van der Waals surface area contributed by atoms with Gasteiger partial charge in [0.15, 0.2) is 0 Å². The Bertz CT molecular complexity index is 1310. The molecule has 3 aromatic carbocycles. The lowest BCUT2D eigenvalue weighted by atomic mass is 9.94. The van der Waals surface area contributed by atoms with Crippen molar-refractivity contribution in [2.24, 2.45) is 0 Å². The van der Waals surface area contributed by atoms with E-state index in [9.17, 15) is 19.1 Å². The third-order valence-electron chi connectivity index (χ3n) is 5.26. The largest absolute Gasteiger partial charge is 0.507 e. The van der Waals surface area contributed by atoms with Crippen LogP contribution in [0, 0.1) is 12.7 Å². The molecule has 32 heavy (non-hydrogen) atoms. The number of nitrogens with zero attached hydrogens (tertiary/aromatic N) is 1. The third-order valence-corrected chi connectivity index (χ3v) is 6.89. The van der Waals surface area contributed by atoms with Crippen LogP contribution in [0.2, 0.25) is 10.0 Å². The molecule has 1 fully saturated rings. The lowest BCUT2D eigenvalue weighted by Crippen LogP contribution is -2.29. The molecule has 0 aliphatic carbocycles. The monoisotopic (exact) mass is 533 g/mol. The van der Waals surface area contributed by atoms with E-state index in [1.54, 1.807) is 24.3 Å². The quantitative estimate of drug-likeness (QED) is 0.227. The Morgan fingerprint density at radius 1 is 1.03 bits per heavy atom. The van der Waals surface area contributed by atoms with Gasteiger partial charge in [0.05, 0.1) is 21.7 Å². The van der Waals surface area contributed by atoms with Crippen LogP contribution in [0.3, 0.4) is 0 Å². The van der Waals surface area contributed by atoms with Gasteiger partial charge in [-0.1, -0.05) is 63.4 Å². The van der Waals surface area contributed by atoms with Gasteiger partial charge in [-0.3, -0.25) is 14.5 Å². The summed E-state index contributed by atoms with van der Waals surface area (Å²) >= 11 is 15.5. The summed E-state index contributed by atoms with van der Waals surface area (Å²) in [7, 11) is 0. The lowest BCUT2D eigenvalue weighted by molar-refractivity contribution is -0.132. The van der Waals surface area contributed by atoms with Crippen LogP contribution in [-0.4, -0.2) is 16.8 Å². The fraction of sp³-hybridized carbons (Fsp3) is 0.0833. The van der Waals surface area contributed by atoms with Crippen molar-refractivity contribution in [1.29, 1.82) is 0 Å². The number of aryl methyl sites for hydroxylation is 1. The molecule has 0 bridgehead atoms. The number of carbonyl (C=O) groups excluding carboxylic acids is 2. The second-order valence-corrected chi connectivity index (χ2v) is 8.92. The highest BCUT2D eigenvalue weighted by Crippen LogP contribution is 2.44. The lowest BCUT2D eigenvalue weighted by Gasteiger charge is -2.26. The Kier molecular flexibility index (Phi) is 6.12. The van der Waals surface area contributed by atoms with E-state index in [1.165, 1.54) is 36.4 Å². The molecule has 1 amide bonds. The number of rotatable bonds is 3. The van der Waals surface area contributed by atoms with Gasteiger partial charge in [0.2, 0.25) is 0 Å². The molecule has 0 aromatic heterocycles. The van der Waals surface area contributed by atoms with Crippen LogP contribution in [0.15, 0.2) is 70.7 Å². The highest BCUT2D eigenvalue weighted by atomic mass is 79.9. The predicted molar refractivity (Wildman–Crippen MR) is 127 cm³/mol. The van der Waals surface area contributed by atoms with Crippen LogP contribution in [0.25, 0.3) is 5.76 Å². The average molecular weight is 535 g/mol. The molecule has 1 aliphatic heterocycles. The van der Waals surface area contributed by atoms with Gasteiger partial charge >= 0.3 is 0 Å². The first-order valence-corrected chi connectivity index (χ1v) is 11.0. The molecule has 4 nitrogen and oxygen atoms in total. The van der Waals surface area contributed by atoms with Crippen molar-refractivity contribution in [2.45, 2.75) is 13.0 Å². The van der Waals surface area contributed by atoms with Crippen LogP contribution < -0.4 is 4.90 Å². The Morgan fingerprint density at radius 3 is 2.41 bits per heavy atom. The first kappa shape index (κ1) is 22.5. The maximum Gasteiger partial charge on any atom is 0.300 e. The highest BCUT2D eigenvalue weighted by Gasteiger charge is 2.47. The van der Waals surface area contributed by atoms with Crippen molar-refractivity contribution in [3.63, 3.8) is 0 Å². The second kappa shape index (κ2) is 8.70. The van der Waals surface area contributed by atoms with Gasteiger partial charge in [-0.05, 0) is 48.9 Å². The standard InChI is InChI=1S/C24H15BrCl2FNO3/c1-12-10-13(6-8-16(12)25)22(30)20-21(15-4-2-3-5-19(15)28)29(24(32)23(20)31)14-7-9-17(26)18(27)11-14/h2-11,21,30H,1H3/b22-20+. The number of halogens is 4. The maximum absolute atomic E-state index is 14.9. The van der Waals surface area contributed by atoms with Crippen LogP contribution >= 0.6 is 39.1 Å². The topological polar surface area (TPSA) is 57.6 Å². The smallest absolute Gasteiger partial charge is 0.300 e. The molecule has 0 spiro atoms. The Hall–Kier alpha value is -2.67. The highest BCUT2D eigenvalue weighted by molar-refractivity contribution is 9.10. The molecular weight excluding hydrogens is 520 g/mol. The molecule has 0 radical (unpaired) electrons. The Morgan fingerprint density at radius 2 is 1.75 bits per heavy atom. The summed E-state index contributed by atoms with van der Waals surface area (Å²) in [6, 6.07) is 14.0. The van der Waals surface area contributed by atoms with Gasteiger partial charge < -0.3 is 5.11 Å². The number of aliphatic hydroxyl groups excluding tert-OH is 1. The normalized spacial score (nSPS) is 17.8. The van der Waals surface area contributed by atoms with Gasteiger partial charge in [-0.15, -0.1) is 0 Å². The molecule has 1 heterocycles. The van der Waals surface area contributed by atoms with E-state index >= 15 is 0 Å². The first-order chi connectivity index (χ1) is 15.2. The molecule has 4 rings (SSSR count). The number of carbonyl (C=O) groups is 2. The van der Waals surface area contributed by atoms with Crippen molar-refractivity contribution >= 4 is 62.3 Å². The van der Waals surface area contributed by atoms with Crippen LogP contribution in [0.1, 0.15) is 22.7 Å². The van der Waals surface area contributed by atoms with E-state index in [4.69, 9.17) is 23.2 Å². The van der Waals surface area contributed by atoms with E-state index in [0.717, 1.165) is 14.9 Å². The molecule has 162 valence electrons. The molecule has 1 N–H and O–H groups in total. The van der Waals surface area contributed by atoms with Gasteiger partial charge in [0, 0.05) is 21.3 Å². The van der Waals surface area contributed by atoms with E-state index in [-0.39, 0.29) is 26.9 Å². The van der Waals surface area contributed by atoms with Crippen LogP contribution in [-0.2, 0) is 9.59 Å². The number of hydrogen-bond acceptors (Lipinski definition) is 3. The van der Waals surface area contributed by atoms with Gasteiger partial charge in [0.1, 0.15) is 11.6 Å². The summed E-state index contributed by atoms with van der Waals surface area (Å²) in [5.41, 5.74) is 1.25. The molecule has 3 aromatic rings. The number of aliphatic hydroxyl groups is 1. The SMILES string of the molecule is Cc1cc(/C(O)=C2\C(=O)C(=O)N(c3ccc(Cl)c(Cl)c3)C2c2ccccc2F)ccc1Br. The van der Waals surface area contributed by atoms with Gasteiger partial charge in [0.25, 0.3) is 11.7 Å². The van der Waals surface area contributed by atoms with E-state index < -0.39 is 29.3 Å². The van der Waals surface area contributed by atoms with Crippen molar-refractivity contribution in [2.75, 3.05) is 4.90 Å². The van der Waals surface area contributed by atoms with E-state index in [2.05, 4.69) is 15.9 Å². The minimum absolute atomic E-state index is 0.0631. The summed E-state index contributed by atoms with van der Waals surface area (Å²) in [5.74, 6) is -2.86. The minimum Gasteiger partial charge on any atom is -0.507 e. The third kappa shape index (κ3) is 3.83. The number of amides is 1. The molecule has 8 heteroatoms. The molecule has 1 aliphatic rings. The van der Waals surface area contributed by atoms with Crippen LogP contribution in [0.4, 0.5) is 10.1 Å². The summed E-state index contributed by atoms with van der Waals surface area (Å²) in [6.45, 7) is 1.82. The molecule has 1 unspecified atom stereocenters. The zero-order chi connectivity index (χ0) is 23.2. The van der Waals surface area contributed by atoms with Crippen LogP contribution in [0.5, 0.6) is 0 Å². The fourth-order valence-electron chi connectivity index (χ4n) is 3.67. The first-order valence-electron chi connectivity index (χ1n) is 9.47. The number of benzene rings is 3. The summed E-state index contributed by atoms with van der Waals surface area (Å²) in [5, 5.41) is 11.5. The summed E-state index contributed by atoms with van der Waals surface area (Å²) in [4.78, 5) is 27.3. The average Bonchev–Trinajstić information content (AvgIpc) is 3.02. The Labute approximate surface area is 202 Å². The number of hydrogen-bond donors (Lipinski definition) is 1. The summed E-state index contributed by atoms with van der Waals surface area (Å²) < 4.78 is 15.7. The number of Topliss-reactive ketones (excluding diaryl/α,β-unsaturated/α-hetero) is 1. The molecular formula is C24H15BrCl2FNO3. The zero-order valence-corrected chi connectivity index (χ0v) is 19.7. The van der Waals surface area contributed by atoms with E-state index in [0.29, 0.717) is 5.56 Å². The maximum atomic E-state index is 14.9. The molecule has 1 atom stereocenters.